The van der Waals surface area contributed by atoms with E-state index in [0.717, 1.165) is 57.8 Å². The molecule has 0 aromatic rings. The summed E-state index contributed by atoms with van der Waals surface area (Å²) >= 11 is 0. The predicted octanol–water partition coefficient (Wildman–Crippen LogP) is 13.2. The van der Waals surface area contributed by atoms with Crippen molar-refractivity contribution >= 4 is 5.91 Å². The number of nitrogens with one attached hydrogen (secondary N) is 1. The summed E-state index contributed by atoms with van der Waals surface area (Å²) in [5.74, 6) is -0.287. The molecular weight excluding hydrogens is 1270 g/mol. The van der Waals surface area contributed by atoms with Crippen LogP contribution in [-0.2, 0) is 33.2 Å². The lowest BCUT2D eigenvalue weighted by Crippen LogP contribution is -2.66. The van der Waals surface area contributed by atoms with E-state index in [1.807, 2.05) is 6.08 Å². The maximum Gasteiger partial charge on any atom is 0.220 e. The zero-order valence-electron chi connectivity index (χ0n) is 62.2. The van der Waals surface area contributed by atoms with Crippen LogP contribution in [0, 0.1) is 0 Å². The fraction of sp³-hybridized carbons (Fsp3) is 0.840. The van der Waals surface area contributed by atoms with Crippen molar-refractivity contribution in [3.8, 4) is 0 Å². The average molecular weight is 1420 g/mol. The SMILES string of the molecule is CCCCCC/C=C/CC/C=C/CC/C=C/C(O)C(COC1OC(CO)C(OC2OC(CO)C(OC3OC(CO)C(O)C(O)C3O)C(O)C2O)C(O)C1O)NC(=O)CCCCCCCCCCCCCCCCCCCCCCCCCCCC/C=C\C/C=C\C/C=C\CCCCCCC. The summed E-state index contributed by atoms with van der Waals surface area (Å²) < 4.78 is 34.3. The molecule has 100 heavy (non-hydrogen) atoms. The van der Waals surface area contributed by atoms with Gasteiger partial charge in [-0.15, -0.1) is 0 Å². The van der Waals surface area contributed by atoms with Crippen molar-refractivity contribution in [2.75, 3.05) is 26.4 Å². The number of unbranched alkanes of at least 4 members (excludes halogenated alkanes) is 37. The van der Waals surface area contributed by atoms with E-state index in [1.165, 1.54) is 212 Å². The molecule has 12 N–H and O–H groups in total. The summed E-state index contributed by atoms with van der Waals surface area (Å²) in [6, 6.07) is -0.997. The van der Waals surface area contributed by atoms with E-state index in [1.54, 1.807) is 6.08 Å². The topological polar surface area (TPSA) is 307 Å². The summed E-state index contributed by atoms with van der Waals surface area (Å²) in [5, 5.41) is 121. The molecule has 3 fully saturated rings. The van der Waals surface area contributed by atoms with Crippen molar-refractivity contribution in [2.24, 2.45) is 0 Å². The van der Waals surface area contributed by atoms with Gasteiger partial charge >= 0.3 is 0 Å². The molecule has 3 rings (SSSR count). The molecule has 3 heterocycles. The van der Waals surface area contributed by atoms with E-state index in [9.17, 15) is 61.0 Å². The second-order valence-corrected chi connectivity index (χ2v) is 28.5. The lowest BCUT2D eigenvalue weighted by atomic mass is 9.96. The van der Waals surface area contributed by atoms with Gasteiger partial charge in [-0.1, -0.05) is 286 Å². The van der Waals surface area contributed by atoms with Gasteiger partial charge in [0.05, 0.1) is 38.6 Å². The highest BCUT2D eigenvalue weighted by molar-refractivity contribution is 5.76. The Bertz CT molecular complexity index is 2090. The van der Waals surface area contributed by atoms with E-state index in [0.29, 0.717) is 12.8 Å². The van der Waals surface area contributed by atoms with E-state index >= 15 is 0 Å². The normalized spacial score (nSPS) is 26.8. The van der Waals surface area contributed by atoms with E-state index in [2.05, 4.69) is 79.9 Å². The molecule has 0 aromatic carbocycles. The number of ether oxygens (including phenoxy) is 6. The smallest absolute Gasteiger partial charge is 0.220 e. The third kappa shape index (κ3) is 41.2. The quantitative estimate of drug-likeness (QED) is 0.0199. The Morgan fingerprint density at radius 1 is 0.360 bits per heavy atom. The van der Waals surface area contributed by atoms with Crippen LogP contribution < -0.4 is 5.32 Å². The zero-order chi connectivity index (χ0) is 72.5. The molecule has 19 heteroatoms. The van der Waals surface area contributed by atoms with Gasteiger partial charge in [-0.2, -0.15) is 0 Å². The van der Waals surface area contributed by atoms with Crippen LogP contribution >= 0.6 is 0 Å². The molecular formula is C81H145NO18. The second-order valence-electron chi connectivity index (χ2n) is 28.5. The Hall–Kier alpha value is -2.77. The van der Waals surface area contributed by atoms with Crippen LogP contribution in [0.3, 0.4) is 0 Å². The number of aliphatic hydroxyl groups is 11. The molecule has 1 amide bonds. The van der Waals surface area contributed by atoms with Gasteiger partial charge in [0.25, 0.3) is 0 Å². The van der Waals surface area contributed by atoms with Crippen LogP contribution in [0.2, 0.25) is 0 Å². The van der Waals surface area contributed by atoms with Crippen LogP contribution in [0.1, 0.15) is 303 Å². The average Bonchev–Trinajstić information content (AvgIpc) is 0.784. The first kappa shape index (κ1) is 91.4. The number of carbonyl (C=O) groups excluding carboxylic acids is 1. The van der Waals surface area contributed by atoms with Crippen LogP contribution in [0.25, 0.3) is 0 Å². The first-order valence-electron chi connectivity index (χ1n) is 40.2. The highest BCUT2D eigenvalue weighted by Gasteiger charge is 2.54. The Morgan fingerprint density at radius 3 is 1.08 bits per heavy atom. The van der Waals surface area contributed by atoms with Crippen molar-refractivity contribution in [1.82, 2.24) is 5.32 Å². The number of amides is 1. The van der Waals surface area contributed by atoms with Gasteiger partial charge < -0.3 is 89.9 Å². The van der Waals surface area contributed by atoms with Crippen molar-refractivity contribution in [2.45, 2.75) is 407 Å². The number of allylic oxidation sites excluding steroid dienone is 11. The maximum absolute atomic E-state index is 13.4. The third-order valence-corrected chi connectivity index (χ3v) is 19.7. The van der Waals surface area contributed by atoms with Gasteiger partial charge in [0.15, 0.2) is 18.9 Å². The number of aliphatic hydroxyl groups excluding tert-OH is 11. The van der Waals surface area contributed by atoms with Gasteiger partial charge in [0.2, 0.25) is 5.91 Å². The Morgan fingerprint density at radius 2 is 0.670 bits per heavy atom. The Labute approximate surface area is 604 Å². The molecule has 0 saturated carbocycles. The molecule has 0 spiro atoms. The largest absolute Gasteiger partial charge is 0.394 e. The summed E-state index contributed by atoms with van der Waals surface area (Å²) in [6.07, 6.45) is 53.6. The van der Waals surface area contributed by atoms with Crippen molar-refractivity contribution in [3.05, 3.63) is 72.9 Å². The van der Waals surface area contributed by atoms with Crippen LogP contribution in [0.15, 0.2) is 72.9 Å². The fourth-order valence-electron chi connectivity index (χ4n) is 13.2. The molecule has 17 atom stereocenters. The lowest BCUT2D eigenvalue weighted by molar-refractivity contribution is -0.379. The summed E-state index contributed by atoms with van der Waals surface area (Å²) in [7, 11) is 0. The minimum atomic E-state index is -1.98. The minimum Gasteiger partial charge on any atom is -0.394 e. The summed E-state index contributed by atoms with van der Waals surface area (Å²) in [6.45, 7) is 1.68. The van der Waals surface area contributed by atoms with Crippen LogP contribution in [0.5, 0.6) is 0 Å². The standard InChI is InChI=1S/C81H145NO18/c1-3-5-7-9-11-13-15-17-19-20-21-22-23-24-25-26-27-28-29-30-31-32-33-34-35-36-37-38-39-40-41-42-43-44-45-47-49-51-53-55-57-59-69(87)82-64(65(86)58-56-54-52-50-48-46-18-16-14-12-10-8-6-4-2)63-95-79-75(93)72(90)77(67(61-84)97-79)100-81-76(94)73(91)78(68(62-85)98-81)99-80-74(92)71(89)70(88)66(60-83)96-80/h14-17,20-21,23-24,48,50,56,58,64-68,70-81,83-86,88-94H,3-13,18-19,22,25-47,49,51-55,57,59-63H2,1-2H3,(H,82,87)/b16-14+,17-15-,21-20-,24-23-,50-48+,58-56+. The molecule has 0 radical (unpaired) electrons. The molecule has 0 aromatic heterocycles. The van der Waals surface area contributed by atoms with Crippen molar-refractivity contribution < 1.29 is 89.4 Å². The predicted molar refractivity (Wildman–Crippen MR) is 397 cm³/mol. The fourth-order valence-corrected chi connectivity index (χ4v) is 13.2. The molecule has 3 aliphatic heterocycles. The monoisotopic (exact) mass is 1420 g/mol. The molecule has 19 nitrogen and oxygen atoms in total. The maximum atomic E-state index is 13.4. The van der Waals surface area contributed by atoms with Gasteiger partial charge in [-0.05, 0) is 83.5 Å². The van der Waals surface area contributed by atoms with Crippen LogP contribution in [-0.4, -0.2) is 193 Å². The molecule has 3 saturated heterocycles. The number of carbonyl (C=O) groups is 1. The molecule has 0 aliphatic carbocycles. The van der Waals surface area contributed by atoms with E-state index in [4.69, 9.17) is 28.4 Å². The summed E-state index contributed by atoms with van der Waals surface area (Å²) in [5.41, 5.74) is 0. The summed E-state index contributed by atoms with van der Waals surface area (Å²) in [4.78, 5) is 13.4. The lowest BCUT2D eigenvalue weighted by Gasteiger charge is -2.48. The molecule has 582 valence electrons. The van der Waals surface area contributed by atoms with Gasteiger partial charge in [-0.3, -0.25) is 4.79 Å². The first-order valence-corrected chi connectivity index (χ1v) is 40.2. The minimum absolute atomic E-state index is 0.233. The molecule has 3 aliphatic rings. The number of hydrogen-bond donors (Lipinski definition) is 12. The zero-order valence-corrected chi connectivity index (χ0v) is 62.2. The number of rotatable bonds is 63. The molecule has 17 unspecified atom stereocenters. The van der Waals surface area contributed by atoms with Gasteiger partial charge in [-0.25, -0.2) is 0 Å². The van der Waals surface area contributed by atoms with Crippen molar-refractivity contribution in [3.63, 3.8) is 0 Å². The number of hydrogen-bond acceptors (Lipinski definition) is 18. The first-order chi connectivity index (χ1) is 48.8. The van der Waals surface area contributed by atoms with Gasteiger partial charge in [0, 0.05) is 6.42 Å². The van der Waals surface area contributed by atoms with Gasteiger partial charge in [0.1, 0.15) is 73.2 Å². The van der Waals surface area contributed by atoms with E-state index < -0.39 is 124 Å². The Balaban J connectivity index is 1.28. The third-order valence-electron chi connectivity index (χ3n) is 19.7. The second kappa shape index (κ2) is 61.4. The highest BCUT2D eigenvalue weighted by Crippen LogP contribution is 2.33. The van der Waals surface area contributed by atoms with E-state index in [-0.39, 0.29) is 18.9 Å². The Kier molecular flexibility index (Phi) is 56.1. The van der Waals surface area contributed by atoms with Crippen molar-refractivity contribution in [1.29, 1.82) is 0 Å². The highest BCUT2D eigenvalue weighted by atomic mass is 16.8. The van der Waals surface area contributed by atoms with Crippen LogP contribution in [0.4, 0.5) is 0 Å². The molecule has 0 bridgehead atoms.